The van der Waals surface area contributed by atoms with Crippen LogP contribution >= 0.6 is 0 Å². The van der Waals surface area contributed by atoms with Crippen LogP contribution < -0.4 is 4.74 Å². The minimum Gasteiger partial charge on any atom is -0.490 e. The molecule has 2 aromatic carbocycles. The topological polar surface area (TPSA) is 89.7 Å². The fourth-order valence-corrected chi connectivity index (χ4v) is 1.92. The van der Waals surface area contributed by atoms with E-state index in [0.29, 0.717) is 11.1 Å². The lowest BCUT2D eigenvalue weighted by molar-refractivity contribution is -0.385. The zero-order chi connectivity index (χ0) is 14.7. The monoisotopic (exact) mass is 273 g/mol. The summed E-state index contributed by atoms with van der Waals surface area (Å²) in [6, 6.07) is 11.5. The van der Waals surface area contributed by atoms with E-state index in [1.165, 1.54) is 19.2 Å². The maximum Gasteiger partial charge on any atom is 0.339 e. The van der Waals surface area contributed by atoms with Crippen LogP contribution in [0, 0.1) is 10.1 Å². The maximum absolute atomic E-state index is 11.2. The molecule has 0 spiro atoms. The number of ether oxygens (including phenoxy) is 1. The van der Waals surface area contributed by atoms with Crippen LogP contribution in [0.15, 0.2) is 42.5 Å². The molecule has 1 N–H and O–H groups in total. The van der Waals surface area contributed by atoms with Gasteiger partial charge in [-0.15, -0.1) is 0 Å². The summed E-state index contributed by atoms with van der Waals surface area (Å²) in [5.74, 6) is -1.52. The van der Waals surface area contributed by atoms with Gasteiger partial charge < -0.3 is 9.84 Å². The number of carbonyl (C=O) groups is 1. The van der Waals surface area contributed by atoms with Gasteiger partial charge in [0.2, 0.25) is 5.75 Å². The van der Waals surface area contributed by atoms with Crippen molar-refractivity contribution in [3.05, 3.63) is 58.1 Å². The zero-order valence-corrected chi connectivity index (χ0v) is 10.6. The number of carboxylic acids is 1. The molecule has 0 saturated heterocycles. The van der Waals surface area contributed by atoms with Gasteiger partial charge in [0.05, 0.1) is 12.0 Å². The molecule has 0 unspecified atom stereocenters. The molecule has 0 aliphatic heterocycles. The maximum atomic E-state index is 11.2. The number of carboxylic acid groups (broad SMARTS) is 1. The van der Waals surface area contributed by atoms with E-state index in [1.807, 2.05) is 0 Å². The number of hydrogen-bond acceptors (Lipinski definition) is 4. The molecule has 20 heavy (non-hydrogen) atoms. The van der Waals surface area contributed by atoms with E-state index in [0.717, 1.165) is 0 Å². The van der Waals surface area contributed by atoms with Gasteiger partial charge in [0.1, 0.15) is 5.56 Å². The summed E-state index contributed by atoms with van der Waals surface area (Å²) in [6.45, 7) is 0. The van der Waals surface area contributed by atoms with Gasteiger partial charge in [0, 0.05) is 6.07 Å². The number of hydrogen-bond donors (Lipinski definition) is 1. The van der Waals surface area contributed by atoms with Crippen molar-refractivity contribution in [2.75, 3.05) is 7.11 Å². The molecule has 0 aliphatic carbocycles. The predicted octanol–water partition coefficient (Wildman–Crippen LogP) is 2.97. The smallest absolute Gasteiger partial charge is 0.339 e. The summed E-state index contributed by atoms with van der Waals surface area (Å²) in [7, 11) is 1.21. The standard InChI is InChI=1S/C14H11NO5/c1-20-13-11(14(16)17)7-10(8-12(13)15(18)19)9-5-3-2-4-6-9/h2-8H,1H3,(H,16,17). The Kier molecular flexibility index (Phi) is 3.65. The molecule has 0 atom stereocenters. The van der Waals surface area contributed by atoms with Crippen molar-refractivity contribution in [2.24, 2.45) is 0 Å². The third kappa shape index (κ3) is 2.44. The fraction of sp³-hybridized carbons (Fsp3) is 0.0714. The molecule has 2 aromatic rings. The summed E-state index contributed by atoms with van der Waals surface area (Å²) >= 11 is 0. The summed E-state index contributed by atoms with van der Waals surface area (Å²) in [5, 5.41) is 20.2. The third-order valence-corrected chi connectivity index (χ3v) is 2.81. The molecule has 0 amide bonds. The van der Waals surface area contributed by atoms with Crippen LogP contribution in [0.3, 0.4) is 0 Å². The van der Waals surface area contributed by atoms with Gasteiger partial charge >= 0.3 is 11.7 Å². The van der Waals surface area contributed by atoms with Crippen molar-refractivity contribution in [3.63, 3.8) is 0 Å². The Morgan fingerprint density at radius 1 is 1.20 bits per heavy atom. The van der Waals surface area contributed by atoms with Crippen molar-refractivity contribution in [3.8, 4) is 16.9 Å². The highest BCUT2D eigenvalue weighted by Gasteiger charge is 2.24. The summed E-state index contributed by atoms with van der Waals surface area (Å²) in [4.78, 5) is 21.7. The van der Waals surface area contributed by atoms with Gasteiger partial charge in [0.25, 0.3) is 0 Å². The molecule has 0 heterocycles. The van der Waals surface area contributed by atoms with Crippen LogP contribution in [-0.4, -0.2) is 23.1 Å². The molecule has 6 nitrogen and oxygen atoms in total. The highest BCUT2D eigenvalue weighted by molar-refractivity contribution is 5.95. The first-order chi connectivity index (χ1) is 9.54. The Morgan fingerprint density at radius 3 is 2.35 bits per heavy atom. The predicted molar refractivity (Wildman–Crippen MR) is 72.0 cm³/mol. The molecule has 0 saturated carbocycles. The second kappa shape index (κ2) is 5.40. The summed E-state index contributed by atoms with van der Waals surface area (Å²) < 4.78 is 4.87. The lowest BCUT2D eigenvalue weighted by atomic mass is 10.0. The van der Waals surface area contributed by atoms with Gasteiger partial charge in [-0.05, 0) is 17.2 Å². The molecule has 6 heteroatoms. The van der Waals surface area contributed by atoms with E-state index in [2.05, 4.69) is 0 Å². The summed E-state index contributed by atoms with van der Waals surface area (Å²) in [5.41, 5.74) is 0.544. The van der Waals surface area contributed by atoms with Gasteiger partial charge in [-0.1, -0.05) is 30.3 Å². The van der Waals surface area contributed by atoms with E-state index >= 15 is 0 Å². The average molecular weight is 273 g/mol. The van der Waals surface area contributed by atoms with E-state index < -0.39 is 10.9 Å². The van der Waals surface area contributed by atoms with Gasteiger partial charge in [0.15, 0.2) is 0 Å². The number of aromatic carboxylic acids is 1. The minimum absolute atomic E-state index is 0.236. The van der Waals surface area contributed by atoms with Crippen LogP contribution in [0.5, 0.6) is 5.75 Å². The van der Waals surface area contributed by atoms with Crippen molar-refractivity contribution >= 4 is 11.7 Å². The quantitative estimate of drug-likeness (QED) is 0.683. The number of methoxy groups -OCH3 is 1. The fourth-order valence-electron chi connectivity index (χ4n) is 1.92. The number of nitro benzene ring substituents is 1. The first-order valence-corrected chi connectivity index (χ1v) is 5.69. The SMILES string of the molecule is COc1c(C(=O)O)cc(-c2ccccc2)cc1[N+](=O)[O-]. The number of rotatable bonds is 4. The Labute approximate surface area is 114 Å². The van der Waals surface area contributed by atoms with E-state index in [1.54, 1.807) is 30.3 Å². The van der Waals surface area contributed by atoms with E-state index in [-0.39, 0.29) is 17.0 Å². The second-order valence-electron chi connectivity index (χ2n) is 4.00. The average Bonchev–Trinajstić information content (AvgIpc) is 2.46. The van der Waals surface area contributed by atoms with Crippen LogP contribution in [0.2, 0.25) is 0 Å². The Bertz CT molecular complexity index is 632. The van der Waals surface area contributed by atoms with E-state index in [9.17, 15) is 20.0 Å². The normalized spacial score (nSPS) is 10.1. The molecular formula is C14H11NO5. The highest BCUT2D eigenvalue weighted by Crippen LogP contribution is 2.36. The number of nitro groups is 1. The molecule has 0 aromatic heterocycles. The first kappa shape index (κ1) is 13.5. The molecule has 0 bridgehead atoms. The van der Waals surface area contributed by atoms with Gasteiger partial charge in [-0.2, -0.15) is 0 Å². The Balaban J connectivity index is 2.73. The lowest BCUT2D eigenvalue weighted by Crippen LogP contribution is -2.04. The number of nitrogens with zero attached hydrogens (tertiary/aromatic N) is 1. The largest absolute Gasteiger partial charge is 0.490 e. The van der Waals surface area contributed by atoms with Crippen LogP contribution in [-0.2, 0) is 0 Å². The van der Waals surface area contributed by atoms with Crippen molar-refractivity contribution in [2.45, 2.75) is 0 Å². The second-order valence-corrected chi connectivity index (χ2v) is 4.00. The number of benzene rings is 2. The van der Waals surface area contributed by atoms with Crippen LogP contribution in [0.1, 0.15) is 10.4 Å². The molecule has 0 radical (unpaired) electrons. The third-order valence-electron chi connectivity index (χ3n) is 2.81. The Hall–Kier alpha value is -2.89. The van der Waals surface area contributed by atoms with Crippen molar-refractivity contribution < 1.29 is 19.6 Å². The molecule has 0 fully saturated rings. The van der Waals surface area contributed by atoms with E-state index in [4.69, 9.17) is 4.74 Å². The van der Waals surface area contributed by atoms with Gasteiger partial charge in [-0.25, -0.2) is 4.79 Å². The molecule has 2 rings (SSSR count). The first-order valence-electron chi connectivity index (χ1n) is 5.69. The highest BCUT2D eigenvalue weighted by atomic mass is 16.6. The molecule has 0 aliphatic rings. The zero-order valence-electron chi connectivity index (χ0n) is 10.6. The lowest BCUT2D eigenvalue weighted by Gasteiger charge is -2.09. The molecule has 102 valence electrons. The Morgan fingerprint density at radius 2 is 1.85 bits per heavy atom. The molecular weight excluding hydrogens is 262 g/mol. The van der Waals surface area contributed by atoms with Crippen molar-refractivity contribution in [1.82, 2.24) is 0 Å². The minimum atomic E-state index is -1.28. The van der Waals surface area contributed by atoms with Crippen LogP contribution in [0.25, 0.3) is 11.1 Å². The van der Waals surface area contributed by atoms with Crippen LogP contribution in [0.4, 0.5) is 5.69 Å². The van der Waals surface area contributed by atoms with Crippen molar-refractivity contribution in [1.29, 1.82) is 0 Å². The van der Waals surface area contributed by atoms with Gasteiger partial charge in [-0.3, -0.25) is 10.1 Å². The summed E-state index contributed by atoms with van der Waals surface area (Å²) in [6.07, 6.45) is 0.